The van der Waals surface area contributed by atoms with Crippen LogP contribution in [0.3, 0.4) is 0 Å². The Morgan fingerprint density at radius 2 is 1.64 bits per heavy atom. The van der Waals surface area contributed by atoms with Crippen LogP contribution < -0.4 is 4.90 Å². The molecule has 2 fully saturated rings. The molecular formula is C36H41N3O2S. The van der Waals surface area contributed by atoms with E-state index in [1.165, 1.54) is 48.9 Å². The predicted octanol–water partition coefficient (Wildman–Crippen LogP) is 8.11. The van der Waals surface area contributed by atoms with Gasteiger partial charge < -0.3 is 10.0 Å². The summed E-state index contributed by atoms with van der Waals surface area (Å²) in [6.45, 7) is 3.14. The largest absolute Gasteiger partial charge is 0.481 e. The standard InChI is InChI=1S/C36H41N3O2S/c1-38(24-27-12-14-29(15-13-27)28-8-4-2-5-9-28)32-18-16-30(17-19-32)33-26-42-34(37-33)25-39-22-20-36(21-23-39,35(40)41)31-10-6-3-7-11-31/h3,6-7,10-19,26,28H,2,4-5,8-9,20-25H2,1H3,(H,40,41). The highest BCUT2D eigenvalue weighted by molar-refractivity contribution is 7.09. The molecule has 218 valence electrons. The zero-order valence-corrected chi connectivity index (χ0v) is 25.4. The quantitative estimate of drug-likeness (QED) is 0.217. The lowest BCUT2D eigenvalue weighted by molar-refractivity contribution is -0.146. The number of benzene rings is 3. The molecule has 2 heterocycles. The molecule has 1 N–H and O–H groups in total. The SMILES string of the molecule is CN(Cc1ccc(C2CCCCC2)cc1)c1ccc(-c2csc(CN3CCC(C(=O)O)(c4ccccc4)CC3)n2)cc1. The smallest absolute Gasteiger partial charge is 0.314 e. The topological polar surface area (TPSA) is 56.7 Å². The molecule has 4 aromatic rings. The summed E-state index contributed by atoms with van der Waals surface area (Å²) in [6, 6.07) is 27.7. The van der Waals surface area contributed by atoms with E-state index in [2.05, 4.69) is 70.8 Å². The van der Waals surface area contributed by atoms with Gasteiger partial charge in [-0.1, -0.05) is 86.0 Å². The Bertz CT molecular complexity index is 1450. The summed E-state index contributed by atoms with van der Waals surface area (Å²) in [7, 11) is 2.15. The third-order valence-corrected chi connectivity index (χ3v) is 10.3. The highest BCUT2D eigenvalue weighted by atomic mass is 32.1. The third-order valence-electron chi connectivity index (χ3n) is 9.44. The molecule has 1 aliphatic carbocycles. The second-order valence-corrected chi connectivity index (χ2v) is 13.1. The van der Waals surface area contributed by atoms with E-state index in [0.717, 1.165) is 53.9 Å². The van der Waals surface area contributed by atoms with Crippen LogP contribution in [0.15, 0.2) is 84.2 Å². The van der Waals surface area contributed by atoms with Gasteiger partial charge in [-0.2, -0.15) is 0 Å². The van der Waals surface area contributed by atoms with Crippen LogP contribution in [0.2, 0.25) is 0 Å². The predicted molar refractivity (Wildman–Crippen MR) is 172 cm³/mol. The molecule has 0 amide bonds. The summed E-state index contributed by atoms with van der Waals surface area (Å²) < 4.78 is 0. The van der Waals surface area contributed by atoms with E-state index in [4.69, 9.17) is 4.98 Å². The lowest BCUT2D eigenvalue weighted by atomic mass is 9.73. The molecule has 1 aliphatic heterocycles. The van der Waals surface area contributed by atoms with E-state index >= 15 is 0 Å². The fourth-order valence-corrected chi connectivity index (χ4v) is 7.61. The van der Waals surface area contributed by atoms with Gasteiger partial charge >= 0.3 is 5.97 Å². The van der Waals surface area contributed by atoms with Gasteiger partial charge in [-0.15, -0.1) is 11.3 Å². The van der Waals surface area contributed by atoms with Crippen LogP contribution in [0, 0.1) is 0 Å². The Balaban J connectivity index is 1.03. The average molecular weight is 580 g/mol. The van der Waals surface area contributed by atoms with Gasteiger partial charge in [0.2, 0.25) is 0 Å². The van der Waals surface area contributed by atoms with Crippen molar-refractivity contribution in [2.24, 2.45) is 0 Å². The number of carboxylic acids is 1. The Morgan fingerprint density at radius 1 is 0.952 bits per heavy atom. The Kier molecular flexibility index (Phi) is 8.73. The molecule has 6 heteroatoms. The molecule has 3 aromatic carbocycles. The lowest BCUT2D eigenvalue weighted by Crippen LogP contribution is -2.47. The third kappa shape index (κ3) is 6.30. The van der Waals surface area contributed by atoms with Gasteiger partial charge in [0.15, 0.2) is 0 Å². The van der Waals surface area contributed by atoms with Crippen LogP contribution in [-0.4, -0.2) is 41.1 Å². The van der Waals surface area contributed by atoms with Gasteiger partial charge in [-0.05, 0) is 60.4 Å². The van der Waals surface area contributed by atoms with Crippen LogP contribution in [-0.2, 0) is 23.3 Å². The number of aliphatic carboxylic acids is 1. The van der Waals surface area contributed by atoms with Crippen molar-refractivity contribution in [2.75, 3.05) is 25.0 Å². The summed E-state index contributed by atoms with van der Waals surface area (Å²) >= 11 is 1.68. The van der Waals surface area contributed by atoms with Crippen LogP contribution in [0.4, 0.5) is 5.69 Å². The van der Waals surface area contributed by atoms with E-state index in [0.29, 0.717) is 12.8 Å². The Hall–Kier alpha value is -3.48. The summed E-state index contributed by atoms with van der Waals surface area (Å²) in [4.78, 5) is 21.9. The van der Waals surface area contributed by atoms with Gasteiger partial charge in [-0.25, -0.2) is 4.98 Å². The van der Waals surface area contributed by atoms with Crippen molar-refractivity contribution in [1.29, 1.82) is 0 Å². The number of piperidine rings is 1. The number of likely N-dealkylation sites (tertiary alicyclic amines) is 1. The molecule has 0 spiro atoms. The normalized spacial score (nSPS) is 17.6. The maximum absolute atomic E-state index is 12.3. The van der Waals surface area contributed by atoms with E-state index < -0.39 is 11.4 Å². The van der Waals surface area contributed by atoms with Gasteiger partial charge in [0.25, 0.3) is 0 Å². The van der Waals surface area contributed by atoms with Crippen molar-refractivity contribution in [2.45, 2.75) is 69.4 Å². The number of anilines is 1. The minimum atomic E-state index is -0.793. The highest BCUT2D eigenvalue weighted by Gasteiger charge is 2.43. The minimum Gasteiger partial charge on any atom is -0.481 e. The molecule has 1 aromatic heterocycles. The number of nitrogens with zero attached hydrogens (tertiary/aromatic N) is 3. The van der Waals surface area contributed by atoms with Crippen molar-refractivity contribution in [1.82, 2.24) is 9.88 Å². The fraction of sp³-hybridized carbons (Fsp3) is 0.389. The molecular weight excluding hydrogens is 538 g/mol. The number of carbonyl (C=O) groups is 1. The number of carboxylic acid groups (broad SMARTS) is 1. The van der Waals surface area contributed by atoms with Crippen LogP contribution in [0.25, 0.3) is 11.3 Å². The second kappa shape index (κ2) is 12.8. The molecule has 42 heavy (non-hydrogen) atoms. The minimum absolute atomic E-state index is 0.615. The molecule has 1 saturated heterocycles. The first-order valence-corrected chi connectivity index (χ1v) is 16.2. The number of hydrogen-bond acceptors (Lipinski definition) is 5. The lowest BCUT2D eigenvalue weighted by Gasteiger charge is -2.39. The molecule has 5 nitrogen and oxygen atoms in total. The first kappa shape index (κ1) is 28.6. The van der Waals surface area contributed by atoms with Crippen molar-refractivity contribution < 1.29 is 9.90 Å². The number of rotatable bonds is 9. The molecule has 0 unspecified atom stereocenters. The van der Waals surface area contributed by atoms with Crippen molar-refractivity contribution in [3.63, 3.8) is 0 Å². The van der Waals surface area contributed by atoms with Gasteiger partial charge in [0.05, 0.1) is 17.7 Å². The zero-order chi connectivity index (χ0) is 28.9. The van der Waals surface area contributed by atoms with Gasteiger partial charge in [-0.3, -0.25) is 9.69 Å². The van der Waals surface area contributed by atoms with Crippen molar-refractivity contribution >= 4 is 23.0 Å². The molecule has 0 bridgehead atoms. The summed E-state index contributed by atoms with van der Waals surface area (Å²) in [5.41, 5.74) is 6.29. The summed E-state index contributed by atoms with van der Waals surface area (Å²) in [5.74, 6) is 0.0340. The number of aromatic nitrogens is 1. The van der Waals surface area contributed by atoms with Crippen molar-refractivity contribution in [3.05, 3.63) is 106 Å². The fourth-order valence-electron chi connectivity index (χ4n) is 6.77. The number of hydrogen-bond donors (Lipinski definition) is 1. The maximum Gasteiger partial charge on any atom is 0.314 e. The van der Waals surface area contributed by atoms with E-state index in [9.17, 15) is 9.90 Å². The van der Waals surface area contributed by atoms with Crippen LogP contribution in [0.5, 0.6) is 0 Å². The van der Waals surface area contributed by atoms with E-state index in [-0.39, 0.29) is 0 Å². The highest BCUT2D eigenvalue weighted by Crippen LogP contribution is 2.37. The first-order valence-electron chi connectivity index (χ1n) is 15.4. The molecule has 0 radical (unpaired) electrons. The zero-order valence-electron chi connectivity index (χ0n) is 24.5. The molecule has 0 atom stereocenters. The van der Waals surface area contributed by atoms with Crippen LogP contribution >= 0.6 is 11.3 Å². The van der Waals surface area contributed by atoms with Crippen LogP contribution in [0.1, 0.15) is 72.6 Å². The number of thiazole rings is 1. The summed E-state index contributed by atoms with van der Waals surface area (Å²) in [5, 5.41) is 13.3. The maximum atomic E-state index is 12.3. The Morgan fingerprint density at radius 3 is 2.31 bits per heavy atom. The Labute approximate surface area is 253 Å². The van der Waals surface area contributed by atoms with E-state index in [1.807, 2.05) is 30.3 Å². The average Bonchev–Trinajstić information content (AvgIpc) is 3.51. The van der Waals surface area contributed by atoms with Gasteiger partial charge in [0.1, 0.15) is 5.01 Å². The van der Waals surface area contributed by atoms with Gasteiger partial charge in [0, 0.05) is 43.3 Å². The van der Waals surface area contributed by atoms with Crippen molar-refractivity contribution in [3.8, 4) is 11.3 Å². The first-order chi connectivity index (χ1) is 20.5. The molecule has 2 aliphatic rings. The van der Waals surface area contributed by atoms with E-state index in [1.54, 1.807) is 11.3 Å². The monoisotopic (exact) mass is 579 g/mol. The molecule has 1 saturated carbocycles. The second-order valence-electron chi connectivity index (χ2n) is 12.1. The molecule has 6 rings (SSSR count). The summed E-state index contributed by atoms with van der Waals surface area (Å²) in [6.07, 6.45) is 8.05.